The molecule has 0 unspecified atom stereocenters. The molecule has 1 aromatic carbocycles. The van der Waals surface area contributed by atoms with E-state index < -0.39 is 5.41 Å². The Hall–Kier alpha value is -2.29. The van der Waals surface area contributed by atoms with Crippen molar-refractivity contribution in [3.05, 3.63) is 46.6 Å². The van der Waals surface area contributed by atoms with Gasteiger partial charge in [-0.3, -0.25) is 14.8 Å². The Morgan fingerprint density at radius 2 is 1.72 bits per heavy atom. The summed E-state index contributed by atoms with van der Waals surface area (Å²) in [6.07, 6.45) is 7.54. The van der Waals surface area contributed by atoms with Crippen LogP contribution in [0.4, 0.5) is 5.69 Å². The molecule has 0 aliphatic heterocycles. The van der Waals surface area contributed by atoms with Crippen molar-refractivity contribution >= 4 is 17.7 Å². The number of hydrogen-bond acceptors (Lipinski definition) is 3. The van der Waals surface area contributed by atoms with Gasteiger partial charge in [0.05, 0.1) is 16.8 Å². The number of carbonyl (C=O) groups is 1. The van der Waals surface area contributed by atoms with Crippen molar-refractivity contribution in [2.45, 2.75) is 99.3 Å². The first-order valence-electron chi connectivity index (χ1n) is 12.4. The normalized spacial score (nSPS) is 12.2. The van der Waals surface area contributed by atoms with Crippen molar-refractivity contribution in [1.29, 1.82) is 0 Å². The Labute approximate surface area is 195 Å². The molecule has 0 aliphatic rings. The molecule has 2 aromatic rings. The van der Waals surface area contributed by atoms with E-state index >= 15 is 0 Å². The molecular formula is C29H42N2O. The van der Waals surface area contributed by atoms with Gasteiger partial charge < -0.3 is 0 Å². The van der Waals surface area contributed by atoms with Crippen LogP contribution in [0.15, 0.2) is 29.3 Å². The summed E-state index contributed by atoms with van der Waals surface area (Å²) in [5.41, 5.74) is 7.26. The molecule has 0 N–H and O–H groups in total. The van der Waals surface area contributed by atoms with Crippen LogP contribution in [0.1, 0.15) is 96.0 Å². The quantitative estimate of drug-likeness (QED) is 0.335. The number of nitrogens with zero attached hydrogens (tertiary/aromatic N) is 2. The second kappa shape index (κ2) is 11.5. The first kappa shape index (κ1) is 26.0. The van der Waals surface area contributed by atoms with Crippen LogP contribution >= 0.6 is 0 Å². The maximum Gasteiger partial charge on any atom is 0.145 e. The Balaban J connectivity index is 2.64. The molecular weight excluding hydrogens is 392 g/mol. The van der Waals surface area contributed by atoms with Crippen molar-refractivity contribution in [3.8, 4) is 11.3 Å². The van der Waals surface area contributed by atoms with Gasteiger partial charge in [-0.25, -0.2) is 0 Å². The van der Waals surface area contributed by atoms with Crippen LogP contribution in [0.2, 0.25) is 0 Å². The molecule has 174 valence electrons. The highest BCUT2D eigenvalue weighted by atomic mass is 16.1. The van der Waals surface area contributed by atoms with Gasteiger partial charge in [0.2, 0.25) is 0 Å². The highest BCUT2D eigenvalue weighted by Gasteiger charge is 2.40. The zero-order valence-electron chi connectivity index (χ0n) is 21.5. The number of pyridine rings is 1. The molecule has 32 heavy (non-hydrogen) atoms. The van der Waals surface area contributed by atoms with Crippen molar-refractivity contribution in [2.75, 3.05) is 0 Å². The van der Waals surface area contributed by atoms with E-state index in [1.807, 2.05) is 20.1 Å². The van der Waals surface area contributed by atoms with Crippen LogP contribution < -0.4 is 0 Å². The van der Waals surface area contributed by atoms with Gasteiger partial charge in [-0.2, -0.15) is 0 Å². The minimum absolute atomic E-state index is 0.0250. The Kier molecular flexibility index (Phi) is 9.36. The average Bonchev–Trinajstić information content (AvgIpc) is 2.77. The minimum Gasteiger partial charge on any atom is -0.298 e. The Bertz CT molecular complexity index is 950. The smallest absolute Gasteiger partial charge is 0.145 e. The third-order valence-electron chi connectivity index (χ3n) is 6.48. The monoisotopic (exact) mass is 434 g/mol. The van der Waals surface area contributed by atoms with Crippen LogP contribution in [0, 0.1) is 19.8 Å². The Morgan fingerprint density at radius 3 is 2.22 bits per heavy atom. The van der Waals surface area contributed by atoms with Gasteiger partial charge in [-0.05, 0) is 68.4 Å². The number of benzene rings is 1. The lowest BCUT2D eigenvalue weighted by atomic mass is 9.66. The number of aromatic nitrogens is 1. The van der Waals surface area contributed by atoms with Gasteiger partial charge in [0, 0.05) is 23.4 Å². The number of rotatable bonds is 11. The fourth-order valence-corrected chi connectivity index (χ4v) is 5.00. The first-order chi connectivity index (χ1) is 15.2. The summed E-state index contributed by atoms with van der Waals surface area (Å²) in [4.78, 5) is 23.1. The number of carbonyl (C=O) groups excluding carboxylic acids is 1. The number of hydrogen-bond donors (Lipinski definition) is 0. The van der Waals surface area contributed by atoms with Crippen molar-refractivity contribution in [1.82, 2.24) is 4.98 Å². The molecule has 3 nitrogen and oxygen atoms in total. The number of aryl methyl sites for hydroxylation is 2. The molecule has 0 aliphatic carbocycles. The zero-order chi connectivity index (χ0) is 23.9. The molecule has 0 saturated carbocycles. The molecule has 1 heterocycles. The number of aliphatic imine (C=N–C) groups is 1. The van der Waals surface area contributed by atoms with E-state index in [1.165, 1.54) is 11.1 Å². The summed E-state index contributed by atoms with van der Waals surface area (Å²) in [7, 11) is 0. The largest absolute Gasteiger partial charge is 0.298 e. The summed E-state index contributed by atoms with van der Waals surface area (Å²) in [6, 6.07) is 8.66. The van der Waals surface area contributed by atoms with E-state index in [-0.39, 0.29) is 5.92 Å². The van der Waals surface area contributed by atoms with Gasteiger partial charge in [-0.1, -0.05) is 66.5 Å². The van der Waals surface area contributed by atoms with Gasteiger partial charge in [0.15, 0.2) is 0 Å². The average molecular weight is 435 g/mol. The number of Topliss-reactive ketones (excluding diaryl/α,β-unsaturated/α-hetero) is 1. The molecule has 2 rings (SSSR count). The lowest BCUT2D eigenvalue weighted by molar-refractivity contribution is -0.128. The number of ketones is 1. The van der Waals surface area contributed by atoms with Crippen LogP contribution in [-0.2, 0) is 16.6 Å². The standard InChI is InChI=1S/C29H42N2O/c1-9-15-29(16-10-2,28(32)20(5)6)24-14-13-23(18-21(24)7)27-19-26(30-17-11-3)22(8)25(12-4)31-27/h13-14,17-20H,9-12,15-16H2,1-8H3. The molecule has 0 spiro atoms. The van der Waals surface area contributed by atoms with E-state index in [4.69, 9.17) is 4.98 Å². The highest BCUT2D eigenvalue weighted by Crippen LogP contribution is 2.40. The maximum absolute atomic E-state index is 13.5. The topological polar surface area (TPSA) is 42.3 Å². The van der Waals surface area contributed by atoms with E-state index in [0.717, 1.165) is 66.7 Å². The molecule has 3 heteroatoms. The van der Waals surface area contributed by atoms with Crippen LogP contribution in [0.5, 0.6) is 0 Å². The van der Waals surface area contributed by atoms with Gasteiger partial charge >= 0.3 is 0 Å². The van der Waals surface area contributed by atoms with Gasteiger partial charge in [-0.15, -0.1) is 0 Å². The molecule has 0 atom stereocenters. The van der Waals surface area contributed by atoms with Gasteiger partial charge in [0.1, 0.15) is 5.78 Å². The fraction of sp³-hybridized carbons (Fsp3) is 0.552. The first-order valence-corrected chi connectivity index (χ1v) is 12.4. The van der Waals surface area contributed by atoms with Crippen molar-refractivity contribution in [3.63, 3.8) is 0 Å². The highest BCUT2D eigenvalue weighted by molar-refractivity contribution is 5.92. The summed E-state index contributed by atoms with van der Waals surface area (Å²) in [5, 5.41) is 0. The second-order valence-electron chi connectivity index (χ2n) is 9.30. The van der Waals surface area contributed by atoms with Crippen LogP contribution in [0.25, 0.3) is 11.3 Å². The van der Waals surface area contributed by atoms with E-state index in [9.17, 15) is 4.79 Å². The summed E-state index contributed by atoms with van der Waals surface area (Å²) >= 11 is 0. The summed E-state index contributed by atoms with van der Waals surface area (Å²) in [5.74, 6) is 0.395. The second-order valence-corrected chi connectivity index (χ2v) is 9.30. The zero-order valence-corrected chi connectivity index (χ0v) is 21.5. The fourth-order valence-electron chi connectivity index (χ4n) is 5.00. The third kappa shape index (κ3) is 5.36. The van der Waals surface area contributed by atoms with E-state index in [1.54, 1.807) is 0 Å². The molecule has 0 bridgehead atoms. The predicted octanol–water partition coefficient (Wildman–Crippen LogP) is 8.10. The third-order valence-corrected chi connectivity index (χ3v) is 6.48. The van der Waals surface area contributed by atoms with E-state index in [0.29, 0.717) is 5.78 Å². The van der Waals surface area contributed by atoms with E-state index in [2.05, 4.69) is 70.8 Å². The molecule has 0 fully saturated rings. The van der Waals surface area contributed by atoms with Gasteiger partial charge in [0.25, 0.3) is 0 Å². The molecule has 1 aromatic heterocycles. The lowest BCUT2D eigenvalue weighted by Gasteiger charge is -2.36. The summed E-state index contributed by atoms with van der Waals surface area (Å²) in [6.45, 7) is 16.9. The van der Waals surface area contributed by atoms with Crippen LogP contribution in [0.3, 0.4) is 0 Å². The molecule has 0 saturated heterocycles. The molecule has 0 radical (unpaired) electrons. The van der Waals surface area contributed by atoms with Crippen LogP contribution in [-0.4, -0.2) is 17.0 Å². The predicted molar refractivity (Wildman–Crippen MR) is 138 cm³/mol. The SMILES string of the molecule is CCC=Nc1cc(-c2ccc(C(CCC)(CCC)C(=O)C(C)C)c(C)c2)nc(CC)c1C. The van der Waals surface area contributed by atoms with Crippen molar-refractivity contribution in [2.24, 2.45) is 10.9 Å². The summed E-state index contributed by atoms with van der Waals surface area (Å²) < 4.78 is 0. The Morgan fingerprint density at radius 1 is 1.06 bits per heavy atom. The molecule has 0 amide bonds. The lowest BCUT2D eigenvalue weighted by Crippen LogP contribution is -2.39. The minimum atomic E-state index is -0.397. The maximum atomic E-state index is 13.5. The van der Waals surface area contributed by atoms with Crippen molar-refractivity contribution < 1.29 is 4.79 Å².